The minimum Gasteiger partial charge on any atom is -0.493 e. The molecule has 17 heteroatoms. The highest BCUT2D eigenvalue weighted by atomic mass is 16.6. The number of aromatic nitrogens is 1. The maximum atomic E-state index is 14.3. The molecule has 6 aromatic rings. The number of methoxy groups -OCH3 is 4. The largest absolute Gasteiger partial charge is 0.493 e. The van der Waals surface area contributed by atoms with Crippen LogP contribution in [0.5, 0.6) is 34.5 Å². The maximum Gasteiger partial charge on any atom is 0.408 e. The summed E-state index contributed by atoms with van der Waals surface area (Å²) in [5.41, 5.74) is -0.474. The van der Waals surface area contributed by atoms with E-state index < -0.39 is 59.0 Å². The van der Waals surface area contributed by atoms with Crippen LogP contribution in [0.4, 0.5) is 9.59 Å². The molecule has 0 spiro atoms. The Kier molecular flexibility index (Phi) is 13.7. The van der Waals surface area contributed by atoms with Crippen LogP contribution in [0.2, 0.25) is 0 Å². The van der Waals surface area contributed by atoms with Crippen LogP contribution in [0.15, 0.2) is 63.9 Å². The molecule has 0 aliphatic rings. The Labute approximate surface area is 381 Å². The zero-order valence-electron chi connectivity index (χ0n) is 39.7. The van der Waals surface area contributed by atoms with Gasteiger partial charge >= 0.3 is 29.8 Å². The third kappa shape index (κ3) is 10.0. The normalized spacial score (nSPS) is 12.8. The molecule has 2 amide bonds. The minimum atomic E-state index is -1.11. The average molecular weight is 912 g/mol. The number of nitrogens with one attached hydrogen (secondary N) is 2. The number of benzene rings is 3. The number of pyridine rings is 1. The first-order chi connectivity index (χ1) is 31.0. The Hall–Kier alpha value is -7.17. The Morgan fingerprint density at radius 3 is 1.59 bits per heavy atom. The van der Waals surface area contributed by atoms with E-state index in [2.05, 4.69) is 10.6 Å². The van der Waals surface area contributed by atoms with Crippen molar-refractivity contribution in [3.63, 3.8) is 0 Å². The van der Waals surface area contributed by atoms with Crippen LogP contribution in [-0.4, -0.2) is 80.3 Å². The second-order valence-electron chi connectivity index (χ2n) is 18.3. The lowest BCUT2D eigenvalue weighted by molar-refractivity contribution is -0.138. The van der Waals surface area contributed by atoms with Gasteiger partial charge in [0.2, 0.25) is 0 Å². The van der Waals surface area contributed by atoms with Crippen LogP contribution in [0.1, 0.15) is 69.2 Å². The van der Waals surface area contributed by atoms with E-state index in [1.54, 1.807) is 110 Å². The summed E-state index contributed by atoms with van der Waals surface area (Å²) in [5.74, 6) is -1.16. The summed E-state index contributed by atoms with van der Waals surface area (Å²) in [6, 6.07) is 11.2. The molecule has 3 aromatic heterocycles. The minimum absolute atomic E-state index is 0.0488. The molecule has 0 saturated carbocycles. The van der Waals surface area contributed by atoms with Crippen LogP contribution in [0.3, 0.4) is 0 Å². The van der Waals surface area contributed by atoms with Gasteiger partial charge in [-0.15, -0.1) is 0 Å². The first-order valence-corrected chi connectivity index (χ1v) is 21.3. The van der Waals surface area contributed by atoms with Gasteiger partial charge in [0.25, 0.3) is 0 Å². The number of hydrogen-bond donors (Lipinski definition) is 2. The van der Waals surface area contributed by atoms with E-state index in [-0.39, 0.29) is 40.0 Å². The van der Waals surface area contributed by atoms with Crippen LogP contribution in [0.25, 0.3) is 49.3 Å². The maximum absolute atomic E-state index is 14.3. The van der Waals surface area contributed by atoms with Gasteiger partial charge in [-0.25, -0.2) is 24.0 Å². The standard InChI is InChI=1S/C49H57N3O14/c1-24(2)39(50-46(56)65-48(5,6)7)43(53)62-30-16-15-27(20-32(30)58-11)37-38-29-22-35(61-14)36(64-44(54)40(25(3)4)51-47(57)66-49(8,9)10)23-31(29)63-45(55)42(38)52-18-17-26-19-33(59-12)34(60-13)21-28(26)41(37)52/h15-25,39-40H,1-14H3,(H,50,56)(H,51,57)/t39-,40-/m0/s1. The first-order valence-electron chi connectivity index (χ1n) is 21.3. The number of carbonyl (C=O) groups is 4. The summed E-state index contributed by atoms with van der Waals surface area (Å²) < 4.78 is 53.2. The molecule has 352 valence electrons. The molecule has 3 heterocycles. The predicted molar refractivity (Wildman–Crippen MR) is 247 cm³/mol. The van der Waals surface area contributed by atoms with E-state index in [0.717, 1.165) is 5.39 Å². The average Bonchev–Trinajstić information content (AvgIpc) is 3.59. The number of esters is 2. The van der Waals surface area contributed by atoms with Crippen molar-refractivity contribution in [1.29, 1.82) is 0 Å². The van der Waals surface area contributed by atoms with Crippen molar-refractivity contribution in [2.45, 2.75) is 92.5 Å². The second-order valence-corrected chi connectivity index (χ2v) is 18.3. The number of amides is 2. The summed E-state index contributed by atoms with van der Waals surface area (Å²) >= 11 is 0. The Morgan fingerprint density at radius 2 is 1.08 bits per heavy atom. The number of carbonyl (C=O) groups excluding carboxylic acids is 4. The lowest BCUT2D eigenvalue weighted by Crippen LogP contribution is -2.48. The Morgan fingerprint density at radius 1 is 0.591 bits per heavy atom. The molecule has 3 aromatic carbocycles. The van der Waals surface area contributed by atoms with E-state index in [4.69, 9.17) is 42.3 Å². The van der Waals surface area contributed by atoms with Crippen molar-refractivity contribution in [2.24, 2.45) is 11.8 Å². The van der Waals surface area contributed by atoms with Gasteiger partial charge in [0.05, 0.1) is 34.0 Å². The number of hydrogen-bond acceptors (Lipinski definition) is 14. The molecule has 2 N–H and O–H groups in total. The Bertz CT molecular complexity index is 2920. The molecule has 17 nitrogen and oxygen atoms in total. The van der Waals surface area contributed by atoms with E-state index in [1.807, 2.05) is 12.1 Å². The fourth-order valence-electron chi connectivity index (χ4n) is 7.46. The van der Waals surface area contributed by atoms with Crippen LogP contribution in [0, 0.1) is 11.8 Å². The summed E-state index contributed by atoms with van der Waals surface area (Å²) in [6.45, 7) is 17.3. The molecule has 0 fully saturated rings. The van der Waals surface area contributed by atoms with Crippen molar-refractivity contribution < 1.29 is 61.5 Å². The Balaban J connectivity index is 1.56. The van der Waals surface area contributed by atoms with Gasteiger partial charge in [0.1, 0.15) is 34.4 Å². The second kappa shape index (κ2) is 18.7. The molecular formula is C49H57N3O14. The van der Waals surface area contributed by atoms with Gasteiger partial charge in [-0.1, -0.05) is 33.8 Å². The third-order valence-corrected chi connectivity index (χ3v) is 10.4. The number of rotatable bonds is 13. The van der Waals surface area contributed by atoms with Gasteiger partial charge in [0.15, 0.2) is 34.5 Å². The zero-order chi connectivity index (χ0) is 48.6. The molecule has 2 atom stereocenters. The zero-order valence-corrected chi connectivity index (χ0v) is 39.7. The van der Waals surface area contributed by atoms with Crippen molar-refractivity contribution in [2.75, 3.05) is 28.4 Å². The predicted octanol–water partition coefficient (Wildman–Crippen LogP) is 8.96. The number of fused-ring (bicyclic) bond motifs is 7. The van der Waals surface area contributed by atoms with Gasteiger partial charge in [-0.3, -0.25) is 0 Å². The van der Waals surface area contributed by atoms with Gasteiger partial charge in [-0.2, -0.15) is 0 Å². The molecule has 0 saturated heterocycles. The van der Waals surface area contributed by atoms with E-state index in [1.165, 1.54) is 34.5 Å². The van der Waals surface area contributed by atoms with Crippen molar-refractivity contribution in [1.82, 2.24) is 15.0 Å². The molecular weight excluding hydrogens is 855 g/mol. The highest BCUT2D eigenvalue weighted by molar-refractivity contribution is 6.22. The van der Waals surface area contributed by atoms with Gasteiger partial charge in [0, 0.05) is 34.0 Å². The van der Waals surface area contributed by atoms with Crippen LogP contribution in [-0.2, 0) is 19.1 Å². The molecule has 0 aliphatic carbocycles. The quantitative estimate of drug-likeness (QED) is 0.0632. The van der Waals surface area contributed by atoms with Crippen LogP contribution >= 0.6 is 0 Å². The SMILES string of the molecule is COc1cc2ccn3c(c(-c4ccc(OC(=O)[C@@H](NC(=O)OC(C)(C)C)C(C)C)c(OC)c4)c4c5cc(OC)c(OC(=O)[C@@H](NC(=O)OC(C)(C)C)C(C)C)cc5oc(=O)c43)c2cc1OC. The fourth-order valence-corrected chi connectivity index (χ4v) is 7.46. The van der Waals surface area contributed by atoms with Gasteiger partial charge < -0.3 is 57.3 Å². The van der Waals surface area contributed by atoms with Crippen molar-refractivity contribution in [3.05, 3.63) is 65.1 Å². The first kappa shape index (κ1) is 48.3. The van der Waals surface area contributed by atoms with E-state index >= 15 is 0 Å². The molecule has 6 rings (SSSR count). The highest BCUT2D eigenvalue weighted by Crippen LogP contribution is 2.46. The van der Waals surface area contributed by atoms with Gasteiger partial charge in [-0.05, 0) is 101 Å². The molecule has 0 aliphatic heterocycles. The topological polar surface area (TPSA) is 201 Å². The summed E-state index contributed by atoms with van der Waals surface area (Å²) in [5, 5.41) is 7.46. The lowest BCUT2D eigenvalue weighted by atomic mass is 9.97. The molecule has 0 unspecified atom stereocenters. The van der Waals surface area contributed by atoms with E-state index in [9.17, 15) is 24.0 Å². The smallest absolute Gasteiger partial charge is 0.408 e. The molecule has 0 radical (unpaired) electrons. The number of nitrogens with zero attached hydrogens (tertiary/aromatic N) is 1. The molecule has 66 heavy (non-hydrogen) atoms. The number of ether oxygens (including phenoxy) is 8. The monoisotopic (exact) mass is 911 g/mol. The summed E-state index contributed by atoms with van der Waals surface area (Å²) in [7, 11) is 5.87. The summed E-state index contributed by atoms with van der Waals surface area (Å²) in [6.07, 6.45) is 0.168. The van der Waals surface area contributed by atoms with Crippen molar-refractivity contribution >= 4 is 62.3 Å². The van der Waals surface area contributed by atoms with Crippen LogP contribution < -0.4 is 44.7 Å². The lowest BCUT2D eigenvalue weighted by Gasteiger charge is -2.24. The third-order valence-electron chi connectivity index (χ3n) is 10.4. The molecule has 0 bridgehead atoms. The number of alkyl carbamates (subject to hydrolysis) is 2. The highest BCUT2D eigenvalue weighted by Gasteiger charge is 2.32. The van der Waals surface area contributed by atoms with Crippen molar-refractivity contribution in [3.8, 4) is 45.6 Å². The van der Waals surface area contributed by atoms with E-state index in [0.29, 0.717) is 44.3 Å². The fraction of sp³-hybridized carbons (Fsp3) is 0.408. The summed E-state index contributed by atoms with van der Waals surface area (Å²) in [4.78, 5) is 67.1.